The largest absolute Gasteiger partial charge is 0.300 e. The molecule has 0 aliphatic heterocycles. The van der Waals surface area contributed by atoms with Crippen LogP contribution in [0.2, 0.25) is 0 Å². The van der Waals surface area contributed by atoms with Crippen molar-refractivity contribution in [2.45, 2.75) is 41.0 Å². The third kappa shape index (κ3) is 2.98. The van der Waals surface area contributed by atoms with E-state index in [0.29, 0.717) is 6.42 Å². The molecule has 0 N–H and O–H groups in total. The summed E-state index contributed by atoms with van der Waals surface area (Å²) in [4.78, 5) is 11.3. The van der Waals surface area contributed by atoms with E-state index in [1.165, 1.54) is 33.4 Å². The minimum Gasteiger partial charge on any atom is -0.300 e. The van der Waals surface area contributed by atoms with E-state index in [1.807, 2.05) is 0 Å². The van der Waals surface area contributed by atoms with Crippen LogP contribution in [0.4, 0.5) is 0 Å². The van der Waals surface area contributed by atoms with E-state index in [4.69, 9.17) is 0 Å². The molecule has 0 radical (unpaired) electrons. The molecule has 0 unspecified atom stereocenters. The molecule has 2 rings (SSSR count). The van der Waals surface area contributed by atoms with Gasteiger partial charge in [-0.05, 0) is 73.6 Å². The number of Topliss-reactive ketones (excluding diaryl/α,β-unsaturated/α-hetero) is 1. The standard InChI is InChI=1S/C19H22O/c1-12-6-7-18(10-13(12)2)19-14(3)8-17(9-15(19)4)11-16(5)20/h6-10H,11H2,1-5H3. The lowest BCUT2D eigenvalue weighted by Gasteiger charge is -2.14. The lowest BCUT2D eigenvalue weighted by Crippen LogP contribution is -1.99. The number of hydrogen-bond acceptors (Lipinski definition) is 1. The molecule has 104 valence electrons. The van der Waals surface area contributed by atoms with Gasteiger partial charge >= 0.3 is 0 Å². The Kier molecular flexibility index (Phi) is 4.08. The third-order valence-electron chi connectivity index (χ3n) is 3.84. The molecule has 0 atom stereocenters. The number of ketones is 1. The zero-order chi connectivity index (χ0) is 14.9. The summed E-state index contributed by atoms with van der Waals surface area (Å²) in [5.74, 6) is 0.211. The number of carbonyl (C=O) groups is 1. The van der Waals surface area contributed by atoms with Crippen molar-refractivity contribution >= 4 is 5.78 Å². The highest BCUT2D eigenvalue weighted by Gasteiger charge is 2.09. The van der Waals surface area contributed by atoms with Crippen LogP contribution in [0.5, 0.6) is 0 Å². The number of aryl methyl sites for hydroxylation is 4. The van der Waals surface area contributed by atoms with Gasteiger partial charge in [0.25, 0.3) is 0 Å². The predicted octanol–water partition coefficient (Wildman–Crippen LogP) is 4.72. The molecule has 0 saturated heterocycles. The van der Waals surface area contributed by atoms with Gasteiger partial charge in [-0.1, -0.05) is 30.3 Å². The summed E-state index contributed by atoms with van der Waals surface area (Å²) in [6, 6.07) is 10.9. The Hall–Kier alpha value is -1.89. The maximum atomic E-state index is 11.3. The van der Waals surface area contributed by atoms with Crippen molar-refractivity contribution in [2.24, 2.45) is 0 Å². The van der Waals surface area contributed by atoms with E-state index in [0.717, 1.165) is 5.56 Å². The molecule has 0 saturated carbocycles. The zero-order valence-electron chi connectivity index (χ0n) is 13.0. The van der Waals surface area contributed by atoms with Crippen LogP contribution in [0.25, 0.3) is 11.1 Å². The fourth-order valence-electron chi connectivity index (χ4n) is 2.79. The van der Waals surface area contributed by atoms with Crippen LogP contribution in [0.15, 0.2) is 30.3 Å². The number of rotatable bonds is 3. The van der Waals surface area contributed by atoms with E-state index < -0.39 is 0 Å². The molecular formula is C19H22O. The van der Waals surface area contributed by atoms with Crippen molar-refractivity contribution in [3.8, 4) is 11.1 Å². The molecule has 0 heterocycles. The minimum absolute atomic E-state index is 0.211. The summed E-state index contributed by atoms with van der Waals surface area (Å²) in [7, 11) is 0. The van der Waals surface area contributed by atoms with Crippen molar-refractivity contribution in [1.82, 2.24) is 0 Å². The highest BCUT2D eigenvalue weighted by atomic mass is 16.1. The fraction of sp³-hybridized carbons (Fsp3) is 0.316. The van der Waals surface area contributed by atoms with Crippen molar-refractivity contribution in [3.63, 3.8) is 0 Å². The lowest BCUT2D eigenvalue weighted by atomic mass is 9.91. The molecular weight excluding hydrogens is 244 g/mol. The molecule has 2 aromatic rings. The highest BCUT2D eigenvalue weighted by Crippen LogP contribution is 2.30. The predicted molar refractivity (Wildman–Crippen MR) is 85.2 cm³/mol. The number of carbonyl (C=O) groups excluding carboxylic acids is 1. The van der Waals surface area contributed by atoms with Crippen molar-refractivity contribution < 1.29 is 4.79 Å². The van der Waals surface area contributed by atoms with Crippen LogP contribution >= 0.6 is 0 Å². The first-order valence-corrected chi connectivity index (χ1v) is 7.05. The smallest absolute Gasteiger partial charge is 0.134 e. The average molecular weight is 266 g/mol. The van der Waals surface area contributed by atoms with Crippen LogP contribution < -0.4 is 0 Å². The Morgan fingerprint density at radius 2 is 1.45 bits per heavy atom. The molecule has 0 aliphatic rings. The number of hydrogen-bond donors (Lipinski definition) is 0. The van der Waals surface area contributed by atoms with E-state index >= 15 is 0 Å². The molecule has 0 fully saturated rings. The Balaban J connectivity index is 2.51. The molecule has 0 bridgehead atoms. The van der Waals surface area contributed by atoms with E-state index in [9.17, 15) is 4.79 Å². The second-order valence-electron chi connectivity index (χ2n) is 5.78. The van der Waals surface area contributed by atoms with Crippen molar-refractivity contribution in [2.75, 3.05) is 0 Å². The molecule has 0 spiro atoms. The molecule has 2 aromatic carbocycles. The molecule has 1 heteroatoms. The van der Waals surface area contributed by atoms with Gasteiger partial charge in [0.1, 0.15) is 5.78 Å². The first-order valence-electron chi connectivity index (χ1n) is 7.05. The topological polar surface area (TPSA) is 17.1 Å². The quantitative estimate of drug-likeness (QED) is 0.785. The first kappa shape index (κ1) is 14.5. The van der Waals surface area contributed by atoms with Gasteiger partial charge in [0.15, 0.2) is 0 Å². The Morgan fingerprint density at radius 1 is 0.850 bits per heavy atom. The second-order valence-corrected chi connectivity index (χ2v) is 5.78. The van der Waals surface area contributed by atoms with Gasteiger partial charge < -0.3 is 0 Å². The Morgan fingerprint density at radius 3 is 1.95 bits per heavy atom. The Labute approximate surface area is 121 Å². The zero-order valence-corrected chi connectivity index (χ0v) is 13.0. The molecule has 0 aliphatic carbocycles. The van der Waals surface area contributed by atoms with Gasteiger partial charge in [0, 0.05) is 6.42 Å². The van der Waals surface area contributed by atoms with Crippen LogP contribution in [0.1, 0.15) is 34.7 Å². The van der Waals surface area contributed by atoms with Gasteiger partial charge in [-0.15, -0.1) is 0 Å². The SMILES string of the molecule is CC(=O)Cc1cc(C)c(-c2ccc(C)c(C)c2)c(C)c1. The summed E-state index contributed by atoms with van der Waals surface area (Å²) in [6.07, 6.45) is 0.523. The highest BCUT2D eigenvalue weighted by molar-refractivity contribution is 5.79. The summed E-state index contributed by atoms with van der Waals surface area (Å²) in [6.45, 7) is 10.2. The van der Waals surface area contributed by atoms with E-state index in [2.05, 4.69) is 58.0 Å². The van der Waals surface area contributed by atoms with E-state index in [1.54, 1.807) is 6.92 Å². The van der Waals surface area contributed by atoms with Gasteiger partial charge in [-0.25, -0.2) is 0 Å². The normalized spacial score (nSPS) is 10.7. The van der Waals surface area contributed by atoms with Crippen LogP contribution in [-0.4, -0.2) is 5.78 Å². The third-order valence-corrected chi connectivity index (χ3v) is 3.84. The second kappa shape index (κ2) is 5.62. The van der Waals surface area contributed by atoms with E-state index in [-0.39, 0.29) is 5.78 Å². The molecule has 0 aromatic heterocycles. The first-order chi connectivity index (χ1) is 9.38. The van der Waals surface area contributed by atoms with Crippen molar-refractivity contribution in [1.29, 1.82) is 0 Å². The lowest BCUT2D eigenvalue weighted by molar-refractivity contribution is -0.116. The molecule has 1 nitrogen and oxygen atoms in total. The molecule has 20 heavy (non-hydrogen) atoms. The molecule has 0 amide bonds. The summed E-state index contributed by atoms with van der Waals surface area (Å²) in [5, 5.41) is 0. The van der Waals surface area contributed by atoms with Gasteiger partial charge in [0.2, 0.25) is 0 Å². The van der Waals surface area contributed by atoms with Gasteiger partial charge in [-0.2, -0.15) is 0 Å². The summed E-state index contributed by atoms with van der Waals surface area (Å²) >= 11 is 0. The van der Waals surface area contributed by atoms with Crippen LogP contribution in [0.3, 0.4) is 0 Å². The Bertz CT molecular complexity index is 642. The summed E-state index contributed by atoms with van der Waals surface area (Å²) in [5.41, 5.74) is 8.78. The maximum absolute atomic E-state index is 11.3. The fourth-order valence-corrected chi connectivity index (χ4v) is 2.79. The number of benzene rings is 2. The maximum Gasteiger partial charge on any atom is 0.134 e. The van der Waals surface area contributed by atoms with Crippen LogP contribution in [0, 0.1) is 27.7 Å². The van der Waals surface area contributed by atoms with Gasteiger partial charge in [0.05, 0.1) is 0 Å². The monoisotopic (exact) mass is 266 g/mol. The van der Waals surface area contributed by atoms with Crippen molar-refractivity contribution in [3.05, 3.63) is 58.1 Å². The summed E-state index contributed by atoms with van der Waals surface area (Å²) < 4.78 is 0. The average Bonchev–Trinajstić information content (AvgIpc) is 2.32. The minimum atomic E-state index is 0.211. The van der Waals surface area contributed by atoms with Crippen LogP contribution in [-0.2, 0) is 11.2 Å². The van der Waals surface area contributed by atoms with Gasteiger partial charge in [-0.3, -0.25) is 4.79 Å².